The summed E-state index contributed by atoms with van der Waals surface area (Å²) in [4.78, 5) is 17.6. The monoisotopic (exact) mass is 493 g/mol. The minimum Gasteiger partial charge on any atom is -0.493 e. The van der Waals surface area contributed by atoms with Gasteiger partial charge in [0.25, 0.3) is 0 Å². The van der Waals surface area contributed by atoms with E-state index >= 15 is 0 Å². The van der Waals surface area contributed by atoms with Crippen LogP contribution in [-0.2, 0) is 16.0 Å². The number of carboxylic acids is 1. The van der Waals surface area contributed by atoms with Crippen LogP contribution in [0.3, 0.4) is 0 Å². The number of rotatable bonds is 4. The molecule has 1 aromatic heterocycles. The van der Waals surface area contributed by atoms with Gasteiger partial charge in [-0.25, -0.2) is 4.79 Å². The van der Waals surface area contributed by atoms with Crippen LogP contribution in [0.25, 0.3) is 16.5 Å². The average Bonchev–Trinajstić information content (AvgIpc) is 3.11. The second kappa shape index (κ2) is 9.53. The molecule has 5 nitrogen and oxygen atoms in total. The first-order valence-electron chi connectivity index (χ1n) is 12.6. The van der Waals surface area contributed by atoms with Gasteiger partial charge in [-0.2, -0.15) is 0 Å². The van der Waals surface area contributed by atoms with Crippen LogP contribution >= 0.6 is 0 Å². The molecule has 5 rings (SSSR count). The zero-order valence-corrected chi connectivity index (χ0v) is 21.9. The molecule has 1 aliphatic heterocycles. The van der Waals surface area contributed by atoms with E-state index in [0.29, 0.717) is 18.6 Å². The Kier molecular flexibility index (Phi) is 6.39. The zero-order chi connectivity index (χ0) is 26.3. The number of ether oxygens (including phenoxy) is 2. The largest absolute Gasteiger partial charge is 0.493 e. The lowest BCUT2D eigenvalue weighted by atomic mass is 9.84. The Morgan fingerprint density at radius 1 is 1.19 bits per heavy atom. The minimum atomic E-state index is -1.16. The summed E-state index contributed by atoms with van der Waals surface area (Å²) in [6.45, 7) is 10.1. The molecular formula is C32H31NO4. The molecule has 1 unspecified atom stereocenters. The highest BCUT2D eigenvalue weighted by molar-refractivity contribution is 6.03. The molecular weight excluding hydrogens is 462 g/mol. The molecule has 5 heteroatoms. The highest BCUT2D eigenvalue weighted by atomic mass is 16.5. The van der Waals surface area contributed by atoms with Gasteiger partial charge >= 0.3 is 5.97 Å². The molecule has 0 saturated heterocycles. The summed E-state index contributed by atoms with van der Waals surface area (Å²) >= 11 is 0. The summed E-state index contributed by atoms with van der Waals surface area (Å²) in [5.41, 5.74) is 7.55. The standard InChI is InChI=1S/C32H31NO4/c1-6-7-20-8-9-23-18-21(17-20)16-19(2)26(30(31(34)35)37-32(3,4)5)27(23)24-10-11-25-28-22(13-15-36-25)12-14-33-29(24)28/h8-12,14,16-17,30H,13,15,18H2,1-5H3,(H,34,35). The first kappa shape index (κ1) is 24.8. The van der Waals surface area contributed by atoms with Crippen LogP contribution in [0, 0.1) is 11.8 Å². The molecule has 0 fully saturated rings. The van der Waals surface area contributed by atoms with Crippen molar-refractivity contribution in [1.29, 1.82) is 0 Å². The molecule has 0 radical (unpaired) electrons. The summed E-state index contributed by atoms with van der Waals surface area (Å²) < 4.78 is 12.2. The second-order valence-corrected chi connectivity index (χ2v) is 10.6. The minimum absolute atomic E-state index is 0.632. The van der Waals surface area contributed by atoms with Crippen LogP contribution in [0.4, 0.5) is 0 Å². The molecule has 2 aliphatic carbocycles. The Hall–Kier alpha value is -3.88. The SMILES string of the molecule is CC#CC1=CC2=CC(C)=C(C(OC(C)(C)C)C(=O)O)C(c3ccc4c5c(ccnc35)CCO4)=C(C=C1)C2. The van der Waals surface area contributed by atoms with Gasteiger partial charge in [0.1, 0.15) is 5.75 Å². The van der Waals surface area contributed by atoms with Gasteiger partial charge in [-0.05, 0) is 99.2 Å². The smallest absolute Gasteiger partial charge is 0.337 e. The Labute approximate surface area is 217 Å². The van der Waals surface area contributed by atoms with E-state index in [1.165, 1.54) is 5.56 Å². The number of allylic oxidation sites excluding steroid dienone is 8. The van der Waals surface area contributed by atoms with Crippen LogP contribution in [0.2, 0.25) is 0 Å². The highest BCUT2D eigenvalue weighted by Crippen LogP contribution is 2.44. The van der Waals surface area contributed by atoms with Gasteiger partial charge in [0.05, 0.1) is 17.7 Å². The normalized spacial score (nSPS) is 17.8. The third-order valence-corrected chi connectivity index (χ3v) is 6.68. The fraction of sp³-hybridized carbons (Fsp3) is 0.312. The number of nitrogens with zero attached hydrogens (tertiary/aromatic N) is 1. The van der Waals surface area contributed by atoms with E-state index in [2.05, 4.69) is 30.1 Å². The number of aliphatic carboxylic acids is 1. The lowest BCUT2D eigenvalue weighted by Crippen LogP contribution is -2.35. The van der Waals surface area contributed by atoms with Crippen molar-refractivity contribution in [3.63, 3.8) is 0 Å². The second-order valence-electron chi connectivity index (χ2n) is 10.6. The quantitative estimate of drug-likeness (QED) is 0.502. The fourth-order valence-electron chi connectivity index (χ4n) is 5.33. The van der Waals surface area contributed by atoms with Gasteiger partial charge in [0.15, 0.2) is 6.10 Å². The van der Waals surface area contributed by atoms with Crippen LogP contribution in [0.5, 0.6) is 5.75 Å². The predicted octanol–water partition coefficient (Wildman–Crippen LogP) is 6.36. The van der Waals surface area contributed by atoms with Gasteiger partial charge in [0.2, 0.25) is 0 Å². The van der Waals surface area contributed by atoms with E-state index in [1.807, 2.05) is 65.1 Å². The number of carbonyl (C=O) groups is 1. The van der Waals surface area contributed by atoms with Crippen molar-refractivity contribution >= 4 is 22.4 Å². The number of carboxylic acid groups (broad SMARTS) is 1. The van der Waals surface area contributed by atoms with E-state index in [1.54, 1.807) is 0 Å². The zero-order valence-electron chi connectivity index (χ0n) is 21.9. The molecule has 1 atom stereocenters. The van der Waals surface area contributed by atoms with Crippen LogP contribution in [0.15, 0.2) is 76.6 Å². The van der Waals surface area contributed by atoms with Crippen molar-refractivity contribution in [3.05, 3.63) is 87.7 Å². The maximum atomic E-state index is 12.7. The van der Waals surface area contributed by atoms with Gasteiger partial charge in [-0.1, -0.05) is 18.1 Å². The summed E-state index contributed by atoms with van der Waals surface area (Å²) in [6.07, 6.45) is 10.3. The predicted molar refractivity (Wildman–Crippen MR) is 146 cm³/mol. The van der Waals surface area contributed by atoms with Crippen molar-refractivity contribution in [2.75, 3.05) is 6.61 Å². The lowest BCUT2D eigenvalue weighted by molar-refractivity contribution is -0.155. The van der Waals surface area contributed by atoms with Crippen LogP contribution < -0.4 is 4.74 Å². The van der Waals surface area contributed by atoms with Crippen molar-refractivity contribution in [2.45, 2.75) is 59.2 Å². The first-order chi connectivity index (χ1) is 17.7. The van der Waals surface area contributed by atoms with Crippen molar-refractivity contribution in [3.8, 4) is 17.6 Å². The molecule has 2 aromatic rings. The number of pyridine rings is 1. The maximum absolute atomic E-state index is 12.7. The van der Waals surface area contributed by atoms with Gasteiger partial charge < -0.3 is 14.6 Å². The number of aromatic nitrogens is 1. The topological polar surface area (TPSA) is 68.7 Å². The summed E-state index contributed by atoms with van der Waals surface area (Å²) in [5, 5.41) is 11.4. The molecule has 0 spiro atoms. The van der Waals surface area contributed by atoms with E-state index in [4.69, 9.17) is 14.5 Å². The molecule has 188 valence electrons. The average molecular weight is 494 g/mol. The Balaban J connectivity index is 1.85. The summed E-state index contributed by atoms with van der Waals surface area (Å²) in [7, 11) is 0. The molecule has 2 heterocycles. The van der Waals surface area contributed by atoms with Crippen molar-refractivity contribution < 1.29 is 19.4 Å². The Bertz CT molecular complexity index is 1520. The van der Waals surface area contributed by atoms with E-state index < -0.39 is 17.7 Å². The summed E-state index contributed by atoms with van der Waals surface area (Å²) in [6, 6.07) is 6.03. The molecule has 0 amide bonds. The van der Waals surface area contributed by atoms with Crippen LogP contribution in [0.1, 0.15) is 52.2 Å². The van der Waals surface area contributed by atoms with Crippen molar-refractivity contribution in [2.24, 2.45) is 0 Å². The Morgan fingerprint density at radius 3 is 2.73 bits per heavy atom. The summed E-state index contributed by atoms with van der Waals surface area (Å²) in [5.74, 6) is 5.94. The molecule has 1 N–H and O–H groups in total. The molecule has 3 aliphatic rings. The van der Waals surface area contributed by atoms with Gasteiger partial charge in [0, 0.05) is 34.7 Å². The molecule has 37 heavy (non-hydrogen) atoms. The lowest BCUT2D eigenvalue weighted by Gasteiger charge is -2.30. The highest BCUT2D eigenvalue weighted by Gasteiger charge is 2.35. The molecule has 2 bridgehead atoms. The van der Waals surface area contributed by atoms with E-state index in [9.17, 15) is 9.90 Å². The fourth-order valence-corrected chi connectivity index (χ4v) is 5.33. The van der Waals surface area contributed by atoms with Crippen LogP contribution in [-0.4, -0.2) is 34.4 Å². The Morgan fingerprint density at radius 2 is 2.00 bits per heavy atom. The number of hydrogen-bond donors (Lipinski definition) is 1. The third-order valence-electron chi connectivity index (χ3n) is 6.68. The van der Waals surface area contributed by atoms with E-state index in [-0.39, 0.29) is 0 Å². The third kappa shape index (κ3) is 4.77. The number of hydrogen-bond acceptors (Lipinski definition) is 4. The number of benzene rings is 1. The van der Waals surface area contributed by atoms with Crippen molar-refractivity contribution in [1.82, 2.24) is 4.98 Å². The first-order valence-corrected chi connectivity index (χ1v) is 12.6. The maximum Gasteiger partial charge on any atom is 0.337 e. The van der Waals surface area contributed by atoms with Gasteiger partial charge in [-0.15, -0.1) is 5.92 Å². The number of fused-ring (bicyclic) bond motifs is 2. The molecule has 1 aromatic carbocycles. The van der Waals surface area contributed by atoms with Gasteiger partial charge in [-0.3, -0.25) is 4.98 Å². The van der Waals surface area contributed by atoms with E-state index in [0.717, 1.165) is 56.5 Å². The molecule has 0 saturated carbocycles.